The van der Waals surface area contributed by atoms with Crippen LogP contribution in [-0.2, 0) is 19.2 Å². The number of nitrogens with one attached hydrogen (secondary N) is 1. The van der Waals surface area contributed by atoms with Gasteiger partial charge in [-0.15, -0.1) is 0 Å². The third-order valence-corrected chi connectivity index (χ3v) is 4.71. The van der Waals surface area contributed by atoms with Crippen molar-refractivity contribution < 1.29 is 19.2 Å². The van der Waals surface area contributed by atoms with Crippen molar-refractivity contribution in [1.29, 1.82) is 0 Å². The van der Waals surface area contributed by atoms with Gasteiger partial charge in [0.25, 0.3) is 0 Å². The Bertz CT molecular complexity index is 542. The smallest absolute Gasteiger partial charge is 0.233 e. The first-order chi connectivity index (χ1) is 13.7. The van der Waals surface area contributed by atoms with Gasteiger partial charge in [0.1, 0.15) is 0 Å². The zero-order valence-electron chi connectivity index (χ0n) is 17.1. The number of primary amides is 3. The number of amides is 4. The van der Waals surface area contributed by atoms with Crippen molar-refractivity contribution >= 4 is 23.6 Å². The number of hydrogen-bond donors (Lipinski definition) is 4. The first-order valence-electron chi connectivity index (χ1n) is 9.64. The molecule has 166 valence electrons. The van der Waals surface area contributed by atoms with E-state index in [0.717, 1.165) is 0 Å². The van der Waals surface area contributed by atoms with Gasteiger partial charge in [0.15, 0.2) is 0 Å². The molecule has 12 nitrogen and oxygen atoms in total. The lowest BCUT2D eigenvalue weighted by Gasteiger charge is -2.33. The molecule has 0 atom stereocenters. The van der Waals surface area contributed by atoms with Crippen LogP contribution in [0.1, 0.15) is 0 Å². The summed E-state index contributed by atoms with van der Waals surface area (Å²) in [7, 11) is 1.57. The Morgan fingerprint density at radius 2 is 0.828 bits per heavy atom. The largest absolute Gasteiger partial charge is 0.369 e. The summed E-state index contributed by atoms with van der Waals surface area (Å²) < 4.78 is 0. The highest BCUT2D eigenvalue weighted by Crippen LogP contribution is 2.01. The maximum atomic E-state index is 11.8. The topological polar surface area (TPSA) is 171 Å². The Labute approximate surface area is 171 Å². The fraction of sp³-hybridized carbons (Fsp3) is 0.765. The Morgan fingerprint density at radius 1 is 0.586 bits per heavy atom. The van der Waals surface area contributed by atoms with Crippen molar-refractivity contribution in [3.05, 3.63) is 0 Å². The first kappa shape index (κ1) is 24.8. The second-order valence-corrected chi connectivity index (χ2v) is 7.18. The van der Waals surface area contributed by atoms with E-state index in [1.165, 1.54) is 0 Å². The Morgan fingerprint density at radius 3 is 1.03 bits per heavy atom. The molecule has 12 heteroatoms. The summed E-state index contributed by atoms with van der Waals surface area (Å²) in [5.41, 5.74) is 16.1. The molecular weight excluding hydrogens is 380 g/mol. The second kappa shape index (κ2) is 13.0. The normalized spacial score (nSPS) is 19.1. The molecule has 0 aromatic heterocycles. The van der Waals surface area contributed by atoms with E-state index < -0.39 is 17.7 Å². The Hall–Kier alpha value is -2.28. The van der Waals surface area contributed by atoms with Crippen molar-refractivity contribution in [2.24, 2.45) is 17.2 Å². The van der Waals surface area contributed by atoms with E-state index >= 15 is 0 Å². The lowest BCUT2D eigenvalue weighted by atomic mass is 10.3. The van der Waals surface area contributed by atoms with Crippen LogP contribution in [0, 0.1) is 0 Å². The van der Waals surface area contributed by atoms with Crippen LogP contribution in [-0.4, -0.2) is 129 Å². The predicted octanol–water partition coefficient (Wildman–Crippen LogP) is -4.59. The molecule has 1 saturated heterocycles. The van der Waals surface area contributed by atoms with E-state index in [1.807, 2.05) is 19.6 Å². The van der Waals surface area contributed by atoms with Crippen LogP contribution in [0.4, 0.5) is 0 Å². The summed E-state index contributed by atoms with van der Waals surface area (Å²) in [6, 6.07) is 0. The van der Waals surface area contributed by atoms with Gasteiger partial charge in [-0.05, 0) is 0 Å². The van der Waals surface area contributed by atoms with Crippen molar-refractivity contribution in [3.63, 3.8) is 0 Å². The molecule has 1 rings (SSSR count). The second-order valence-electron chi connectivity index (χ2n) is 7.18. The predicted molar refractivity (Wildman–Crippen MR) is 107 cm³/mol. The van der Waals surface area contributed by atoms with E-state index in [-0.39, 0.29) is 32.1 Å². The number of rotatable bonds is 8. The standard InChI is InChI=1S/C17H34N8O4/c1-21-17(29)13-25-8-6-23(11-15(19)27)4-2-22(10-14(18)26)3-5-24(7-9-25)12-16(20)28/h2-13H2,1H3,(H2,18,26)(H2,19,27)(H2,20,28)(H,21,29). The summed E-state index contributed by atoms with van der Waals surface area (Å²) in [5.74, 6) is -1.45. The molecule has 1 aliphatic rings. The van der Waals surface area contributed by atoms with Crippen LogP contribution in [0.3, 0.4) is 0 Å². The number of nitrogens with zero attached hydrogens (tertiary/aromatic N) is 4. The van der Waals surface area contributed by atoms with Crippen LogP contribution < -0.4 is 22.5 Å². The summed E-state index contributed by atoms with van der Waals surface area (Å²) >= 11 is 0. The highest BCUT2D eigenvalue weighted by Gasteiger charge is 2.19. The van der Waals surface area contributed by atoms with Crippen molar-refractivity contribution in [3.8, 4) is 0 Å². The minimum Gasteiger partial charge on any atom is -0.369 e. The highest BCUT2D eigenvalue weighted by molar-refractivity contribution is 5.78. The van der Waals surface area contributed by atoms with Gasteiger partial charge in [-0.1, -0.05) is 0 Å². The monoisotopic (exact) mass is 414 g/mol. The molecule has 0 bridgehead atoms. The lowest BCUT2D eigenvalue weighted by Crippen LogP contribution is -2.50. The van der Waals surface area contributed by atoms with Gasteiger partial charge in [0.2, 0.25) is 23.6 Å². The van der Waals surface area contributed by atoms with E-state index in [1.54, 1.807) is 7.05 Å². The lowest BCUT2D eigenvalue weighted by molar-refractivity contribution is -0.123. The maximum absolute atomic E-state index is 11.8. The molecule has 0 aromatic carbocycles. The number of hydrogen-bond acceptors (Lipinski definition) is 8. The molecule has 0 aliphatic carbocycles. The van der Waals surface area contributed by atoms with Crippen LogP contribution in [0.5, 0.6) is 0 Å². The number of carbonyl (C=O) groups excluding carboxylic acids is 4. The number of carbonyl (C=O) groups is 4. The van der Waals surface area contributed by atoms with Crippen LogP contribution in [0.25, 0.3) is 0 Å². The Balaban J connectivity index is 2.92. The van der Waals surface area contributed by atoms with Gasteiger partial charge in [-0.2, -0.15) is 0 Å². The summed E-state index contributed by atoms with van der Waals surface area (Å²) in [6.07, 6.45) is 0. The number of nitrogens with two attached hydrogens (primary N) is 3. The average Bonchev–Trinajstić information content (AvgIpc) is 2.62. The summed E-state index contributed by atoms with van der Waals surface area (Å²) in [4.78, 5) is 53.7. The highest BCUT2D eigenvalue weighted by atomic mass is 16.2. The maximum Gasteiger partial charge on any atom is 0.233 e. The zero-order chi connectivity index (χ0) is 21.8. The van der Waals surface area contributed by atoms with E-state index in [9.17, 15) is 19.2 Å². The SMILES string of the molecule is CNC(=O)CN1CCN(CC(N)=O)CCN(CC(N)=O)CCN(CC(N)=O)CC1. The number of likely N-dealkylation sites (N-methyl/N-ethyl adjacent to an activating group) is 1. The summed E-state index contributed by atoms with van der Waals surface area (Å²) in [5, 5.41) is 2.60. The molecule has 0 radical (unpaired) electrons. The van der Waals surface area contributed by atoms with Gasteiger partial charge >= 0.3 is 0 Å². The minimum atomic E-state index is -0.447. The Kier molecular flexibility index (Phi) is 11.1. The molecular formula is C17H34N8O4. The third-order valence-electron chi connectivity index (χ3n) is 4.71. The quantitative estimate of drug-likeness (QED) is 0.307. The molecule has 7 N–H and O–H groups in total. The van der Waals surface area contributed by atoms with Gasteiger partial charge in [0.05, 0.1) is 26.2 Å². The molecule has 0 saturated carbocycles. The van der Waals surface area contributed by atoms with Gasteiger partial charge < -0.3 is 22.5 Å². The molecule has 1 heterocycles. The van der Waals surface area contributed by atoms with Crippen molar-refractivity contribution in [1.82, 2.24) is 24.9 Å². The molecule has 1 fully saturated rings. The van der Waals surface area contributed by atoms with Gasteiger partial charge in [-0.25, -0.2) is 0 Å². The van der Waals surface area contributed by atoms with Gasteiger partial charge in [0, 0.05) is 59.4 Å². The van der Waals surface area contributed by atoms with Crippen LogP contribution >= 0.6 is 0 Å². The minimum absolute atomic E-state index is 0.0810. The third kappa shape index (κ3) is 11.3. The molecule has 0 spiro atoms. The first-order valence-corrected chi connectivity index (χ1v) is 9.64. The van der Waals surface area contributed by atoms with Crippen molar-refractivity contribution in [2.75, 3.05) is 85.6 Å². The van der Waals surface area contributed by atoms with Gasteiger partial charge in [-0.3, -0.25) is 38.8 Å². The van der Waals surface area contributed by atoms with E-state index in [0.29, 0.717) is 52.4 Å². The van der Waals surface area contributed by atoms with E-state index in [2.05, 4.69) is 5.32 Å². The molecule has 29 heavy (non-hydrogen) atoms. The zero-order valence-corrected chi connectivity index (χ0v) is 17.1. The molecule has 0 unspecified atom stereocenters. The van der Waals surface area contributed by atoms with Crippen molar-refractivity contribution in [2.45, 2.75) is 0 Å². The average molecular weight is 415 g/mol. The fourth-order valence-corrected chi connectivity index (χ4v) is 3.15. The summed E-state index contributed by atoms with van der Waals surface area (Å²) in [6.45, 7) is 4.66. The molecule has 4 amide bonds. The fourth-order valence-electron chi connectivity index (χ4n) is 3.15. The van der Waals surface area contributed by atoms with E-state index in [4.69, 9.17) is 17.2 Å². The van der Waals surface area contributed by atoms with Crippen LogP contribution in [0.2, 0.25) is 0 Å². The van der Waals surface area contributed by atoms with Crippen LogP contribution in [0.15, 0.2) is 0 Å². The molecule has 0 aromatic rings. The molecule has 1 aliphatic heterocycles.